The van der Waals surface area contributed by atoms with Crippen molar-refractivity contribution in [2.45, 2.75) is 304 Å². The number of ether oxygens (including phenoxy) is 6. The fourth-order valence-electron chi connectivity index (χ4n) is 10.7. The highest BCUT2D eigenvalue weighted by Gasteiger charge is 2.53. The Morgan fingerprint density at radius 1 is 0.411 bits per heavy atom. The quantitative estimate of drug-likeness (QED) is 0.0200. The largest absolute Gasteiger partial charge is 0.394 e. The van der Waals surface area contributed by atoms with Crippen LogP contribution in [0, 0.1) is 0 Å². The molecule has 3 aliphatic rings. The molecule has 3 fully saturated rings. The van der Waals surface area contributed by atoms with Crippen LogP contribution in [0.25, 0.3) is 0 Å². The zero-order valence-electron chi connectivity index (χ0n) is 54.3. The molecule has 0 aromatic heterocycles. The summed E-state index contributed by atoms with van der Waals surface area (Å²) < 4.78 is 34.2. The van der Waals surface area contributed by atoms with Crippen LogP contribution in [0.1, 0.15) is 200 Å². The average Bonchev–Trinajstić information content (AvgIpc) is 0.864. The molecule has 19 nitrogen and oxygen atoms in total. The van der Waals surface area contributed by atoms with Gasteiger partial charge in [0.25, 0.3) is 0 Å². The van der Waals surface area contributed by atoms with Crippen molar-refractivity contribution in [3.63, 3.8) is 0 Å². The first kappa shape index (κ1) is 80.7. The molecular weight excluding hydrogens is 1150 g/mol. The third kappa shape index (κ3) is 33.5. The SMILES string of the molecule is CC/C=C\C/C=C\C/C=C\C/C=C\C/C=C\C/C=C\CCCCCCCCCCCCCCCCC(=O)NC(COC1OC(CO)C(OC2OC(CO)C(OC3OC(CO)C(O)C(O)C3O)C(O)C2O)C(O)C1O)C(O)/C=C/CC/C=C/CC/C=C/CCCC. The molecular formula is C71H119NO18. The molecule has 3 aliphatic heterocycles. The lowest BCUT2D eigenvalue weighted by molar-refractivity contribution is -0.379. The molecule has 19 heteroatoms. The van der Waals surface area contributed by atoms with Crippen molar-refractivity contribution >= 4 is 5.91 Å². The topological polar surface area (TPSA) is 307 Å². The maximum atomic E-state index is 13.4. The maximum absolute atomic E-state index is 13.4. The predicted molar refractivity (Wildman–Crippen MR) is 350 cm³/mol. The monoisotopic (exact) mass is 1270 g/mol. The molecule has 12 N–H and O–H groups in total. The summed E-state index contributed by atoms with van der Waals surface area (Å²) in [4.78, 5) is 13.4. The van der Waals surface area contributed by atoms with Crippen molar-refractivity contribution < 1.29 is 89.4 Å². The van der Waals surface area contributed by atoms with Crippen LogP contribution >= 0.6 is 0 Å². The van der Waals surface area contributed by atoms with E-state index in [1.54, 1.807) is 6.08 Å². The van der Waals surface area contributed by atoms with E-state index in [-0.39, 0.29) is 18.9 Å². The van der Waals surface area contributed by atoms with Crippen molar-refractivity contribution in [1.29, 1.82) is 0 Å². The molecule has 3 rings (SSSR count). The number of carbonyl (C=O) groups excluding carboxylic acids is 1. The number of allylic oxidation sites excluding steroid dienone is 17. The van der Waals surface area contributed by atoms with Crippen LogP contribution in [0.3, 0.4) is 0 Å². The van der Waals surface area contributed by atoms with E-state index in [1.807, 2.05) is 6.08 Å². The highest BCUT2D eigenvalue weighted by atomic mass is 16.8. The van der Waals surface area contributed by atoms with Gasteiger partial charge in [-0.05, 0) is 89.9 Å². The molecule has 516 valence electrons. The van der Waals surface area contributed by atoms with Gasteiger partial charge in [-0.25, -0.2) is 0 Å². The van der Waals surface area contributed by atoms with E-state index in [1.165, 1.54) is 70.6 Å². The smallest absolute Gasteiger partial charge is 0.220 e. The molecule has 0 aromatic rings. The first-order valence-electron chi connectivity index (χ1n) is 34.1. The molecule has 17 atom stereocenters. The van der Waals surface area contributed by atoms with Gasteiger partial charge in [0, 0.05) is 6.42 Å². The molecule has 0 aromatic carbocycles. The van der Waals surface area contributed by atoms with E-state index in [2.05, 4.69) is 116 Å². The van der Waals surface area contributed by atoms with Crippen molar-refractivity contribution in [3.8, 4) is 0 Å². The Bertz CT molecular complexity index is 2060. The zero-order valence-corrected chi connectivity index (χ0v) is 54.3. The summed E-state index contributed by atoms with van der Waals surface area (Å²) in [6, 6.07) is -1.00. The Hall–Kier alpha value is -3.55. The summed E-state index contributed by atoms with van der Waals surface area (Å²) in [6.45, 7) is 1.51. The summed E-state index contributed by atoms with van der Waals surface area (Å²) in [6.07, 6.45) is 42.3. The van der Waals surface area contributed by atoms with E-state index < -0.39 is 124 Å². The molecule has 3 heterocycles. The average molecular weight is 1270 g/mol. The van der Waals surface area contributed by atoms with Crippen LogP contribution in [-0.4, -0.2) is 193 Å². The number of hydrogen-bond acceptors (Lipinski definition) is 18. The van der Waals surface area contributed by atoms with Crippen molar-refractivity contribution in [2.24, 2.45) is 0 Å². The fourth-order valence-corrected chi connectivity index (χ4v) is 10.7. The number of carbonyl (C=O) groups is 1. The second-order valence-corrected chi connectivity index (χ2v) is 23.9. The third-order valence-corrected chi connectivity index (χ3v) is 16.3. The normalized spacial score (nSPS) is 28.7. The van der Waals surface area contributed by atoms with Crippen molar-refractivity contribution in [1.82, 2.24) is 5.32 Å². The summed E-state index contributed by atoms with van der Waals surface area (Å²) >= 11 is 0. The van der Waals surface area contributed by atoms with E-state index in [0.717, 1.165) is 96.3 Å². The van der Waals surface area contributed by atoms with Crippen molar-refractivity contribution in [2.75, 3.05) is 26.4 Å². The Balaban J connectivity index is 1.37. The van der Waals surface area contributed by atoms with E-state index in [9.17, 15) is 61.0 Å². The molecule has 3 saturated heterocycles. The van der Waals surface area contributed by atoms with Gasteiger partial charge in [-0.3, -0.25) is 4.79 Å². The van der Waals surface area contributed by atoms with Crippen molar-refractivity contribution in [3.05, 3.63) is 109 Å². The van der Waals surface area contributed by atoms with Gasteiger partial charge in [0.15, 0.2) is 18.9 Å². The van der Waals surface area contributed by atoms with E-state index in [0.29, 0.717) is 12.8 Å². The van der Waals surface area contributed by atoms with Gasteiger partial charge in [-0.15, -0.1) is 0 Å². The Morgan fingerprint density at radius 3 is 1.24 bits per heavy atom. The number of nitrogens with one attached hydrogen (secondary N) is 1. The van der Waals surface area contributed by atoms with Crippen LogP contribution in [-0.2, 0) is 33.2 Å². The Morgan fingerprint density at radius 2 is 0.778 bits per heavy atom. The van der Waals surface area contributed by atoms with Gasteiger partial charge < -0.3 is 89.9 Å². The Kier molecular flexibility index (Phi) is 46.5. The first-order valence-corrected chi connectivity index (χ1v) is 34.1. The highest BCUT2D eigenvalue weighted by molar-refractivity contribution is 5.76. The molecule has 17 unspecified atom stereocenters. The van der Waals surface area contributed by atoms with Crippen LogP contribution < -0.4 is 5.32 Å². The van der Waals surface area contributed by atoms with Crippen LogP contribution in [0.4, 0.5) is 0 Å². The molecule has 90 heavy (non-hydrogen) atoms. The predicted octanol–water partition coefficient (Wildman–Crippen LogP) is 8.66. The summed E-state index contributed by atoms with van der Waals surface area (Å²) in [5.41, 5.74) is 0. The third-order valence-electron chi connectivity index (χ3n) is 16.3. The number of aliphatic hydroxyl groups is 11. The van der Waals surface area contributed by atoms with E-state index in [4.69, 9.17) is 28.4 Å². The molecule has 0 saturated carbocycles. The minimum atomic E-state index is -1.99. The Labute approximate surface area is 538 Å². The molecule has 0 aliphatic carbocycles. The zero-order chi connectivity index (χ0) is 65.4. The lowest BCUT2D eigenvalue weighted by atomic mass is 9.96. The van der Waals surface area contributed by atoms with Gasteiger partial charge in [0.05, 0.1) is 38.6 Å². The number of unbranched alkanes of at least 4 members (excludes halogenated alkanes) is 18. The fraction of sp³-hybridized carbons (Fsp3) is 0.732. The van der Waals surface area contributed by atoms with Gasteiger partial charge >= 0.3 is 0 Å². The molecule has 0 spiro atoms. The highest BCUT2D eigenvalue weighted by Crippen LogP contribution is 2.33. The second-order valence-electron chi connectivity index (χ2n) is 23.9. The van der Waals surface area contributed by atoms with E-state index >= 15 is 0 Å². The number of amides is 1. The van der Waals surface area contributed by atoms with Gasteiger partial charge in [0.2, 0.25) is 5.91 Å². The molecule has 0 radical (unpaired) electrons. The summed E-state index contributed by atoms with van der Waals surface area (Å²) in [7, 11) is 0. The number of rotatable bonds is 50. The number of aliphatic hydroxyl groups excluding tert-OH is 11. The first-order chi connectivity index (χ1) is 43.8. The van der Waals surface area contributed by atoms with Crippen LogP contribution in [0.15, 0.2) is 109 Å². The maximum Gasteiger partial charge on any atom is 0.220 e. The standard InChI is InChI=1S/C71H119NO18/c1-3-5-7-9-11-13-15-17-18-19-20-21-22-23-24-25-26-27-28-29-30-31-32-33-34-35-36-37-39-41-43-45-47-49-59(77)72-54(55(76)48-46-44-42-40-38-16-14-12-10-8-6-4-2)53-85-69-65(83)62(80)67(57(51-74)87-69)90-71-66(84)63(81)68(58(52-75)88-71)89-70-64(82)61(79)60(78)56(50-73)86-70/h5,7,10-13,17-18,20-21,23-24,26-27,38,40,46,48,54-58,60-71,73-76,78-84H,3-4,6,8-9,14-16,19,22,25,28-37,39,41-45,47,49-53H2,1-2H3,(H,72,77)/b7-5-,12-10+,13-11-,18-17-,21-20-,24-23-,27-26-,40-38+,48-46+. The minimum absolute atomic E-state index is 0.225. The van der Waals surface area contributed by atoms with Crippen LogP contribution in [0.5, 0.6) is 0 Å². The van der Waals surface area contributed by atoms with Gasteiger partial charge in [-0.1, -0.05) is 213 Å². The summed E-state index contributed by atoms with van der Waals surface area (Å²) in [5.74, 6) is -0.297. The van der Waals surface area contributed by atoms with Gasteiger partial charge in [-0.2, -0.15) is 0 Å². The second kappa shape index (κ2) is 51.8. The summed E-state index contributed by atoms with van der Waals surface area (Å²) in [5, 5.41) is 120. The molecule has 0 bridgehead atoms. The van der Waals surface area contributed by atoms with Crippen LogP contribution in [0.2, 0.25) is 0 Å². The molecule has 1 amide bonds. The lowest BCUT2D eigenvalue weighted by Gasteiger charge is -2.48. The minimum Gasteiger partial charge on any atom is -0.394 e. The van der Waals surface area contributed by atoms with Gasteiger partial charge in [0.1, 0.15) is 73.2 Å². The number of hydrogen-bond donors (Lipinski definition) is 12. The lowest BCUT2D eigenvalue weighted by Crippen LogP contribution is -2.66.